The zero-order valence-electron chi connectivity index (χ0n) is 10.8. The number of hydrogen-bond donors (Lipinski definition) is 2. The molecule has 98 valence electrons. The first-order chi connectivity index (χ1) is 9.15. The van der Waals surface area contributed by atoms with Crippen molar-refractivity contribution in [3.05, 3.63) is 41.1 Å². The molecule has 1 aromatic carbocycles. The molecule has 0 atom stereocenters. The van der Waals surface area contributed by atoms with Crippen LogP contribution in [-0.4, -0.2) is 17.5 Å². The minimum absolute atomic E-state index is 0.402. The lowest BCUT2D eigenvalue weighted by molar-refractivity contribution is 0.1000. The molecule has 4 heteroatoms. The molecule has 1 aromatic heterocycles. The van der Waals surface area contributed by atoms with Crippen LogP contribution < -0.4 is 10.5 Å². The number of benzene rings is 1. The Balaban J connectivity index is 2.02. The van der Waals surface area contributed by atoms with E-state index in [1.165, 1.54) is 5.56 Å². The Morgan fingerprint density at radius 2 is 2.21 bits per heavy atom. The van der Waals surface area contributed by atoms with Crippen molar-refractivity contribution in [1.82, 2.24) is 4.98 Å². The Hall–Kier alpha value is -2.23. The molecule has 1 amide bonds. The highest BCUT2D eigenvalue weighted by molar-refractivity contribution is 5.95. The number of fused-ring (bicyclic) bond motifs is 1. The number of carbonyl (C=O) groups is 1. The van der Waals surface area contributed by atoms with Gasteiger partial charge in [0.25, 0.3) is 5.91 Å². The molecular formula is C15H16N2O2. The first-order valence-corrected chi connectivity index (χ1v) is 6.40. The third kappa shape index (κ3) is 2.10. The van der Waals surface area contributed by atoms with Gasteiger partial charge in [-0.2, -0.15) is 0 Å². The van der Waals surface area contributed by atoms with E-state index >= 15 is 0 Å². The predicted octanol–water partition coefficient (Wildman–Crippen LogP) is 2.41. The molecule has 3 N–H and O–H groups in total. The molecule has 0 fully saturated rings. The van der Waals surface area contributed by atoms with E-state index in [2.05, 4.69) is 11.1 Å². The Bertz CT molecular complexity index is 644. The highest BCUT2D eigenvalue weighted by Crippen LogP contribution is 2.30. The van der Waals surface area contributed by atoms with Gasteiger partial charge in [0.05, 0.1) is 12.2 Å². The quantitative estimate of drug-likeness (QED) is 0.866. The number of aromatic nitrogens is 1. The van der Waals surface area contributed by atoms with Gasteiger partial charge >= 0.3 is 0 Å². The van der Waals surface area contributed by atoms with Crippen LogP contribution in [0.2, 0.25) is 0 Å². The Kier molecular flexibility index (Phi) is 2.78. The van der Waals surface area contributed by atoms with Crippen molar-refractivity contribution in [2.24, 2.45) is 5.73 Å². The third-order valence-electron chi connectivity index (χ3n) is 3.50. The van der Waals surface area contributed by atoms with E-state index in [4.69, 9.17) is 10.5 Å². The van der Waals surface area contributed by atoms with E-state index in [0.29, 0.717) is 5.56 Å². The molecule has 1 aliphatic heterocycles. The van der Waals surface area contributed by atoms with Crippen molar-refractivity contribution >= 4 is 5.91 Å². The van der Waals surface area contributed by atoms with E-state index in [9.17, 15) is 4.79 Å². The summed E-state index contributed by atoms with van der Waals surface area (Å²) in [5.41, 5.74) is 9.88. The Morgan fingerprint density at radius 1 is 1.37 bits per heavy atom. The van der Waals surface area contributed by atoms with Gasteiger partial charge in [-0.3, -0.25) is 4.79 Å². The van der Waals surface area contributed by atoms with E-state index < -0.39 is 5.91 Å². The molecule has 0 unspecified atom stereocenters. The lowest BCUT2D eigenvalue weighted by atomic mass is 10.0. The first-order valence-electron chi connectivity index (χ1n) is 6.40. The van der Waals surface area contributed by atoms with Crippen LogP contribution in [0.25, 0.3) is 11.3 Å². The van der Waals surface area contributed by atoms with Crippen molar-refractivity contribution in [1.29, 1.82) is 0 Å². The van der Waals surface area contributed by atoms with Crippen molar-refractivity contribution in [2.75, 3.05) is 6.61 Å². The maximum atomic E-state index is 11.3. The summed E-state index contributed by atoms with van der Waals surface area (Å²) in [6, 6.07) is 7.91. The number of H-pyrrole nitrogens is 1. The standard InChI is InChI=1S/C15H16N2O2/c1-9-12(15(16)18)8-13(17-9)10-4-5-14-11(7-10)3-2-6-19-14/h4-5,7-8,17H,2-3,6H2,1H3,(H2,16,18). The van der Waals surface area contributed by atoms with E-state index in [0.717, 1.165) is 42.1 Å². The molecule has 2 heterocycles. The number of aryl methyl sites for hydroxylation is 2. The molecular weight excluding hydrogens is 240 g/mol. The number of aromatic amines is 1. The van der Waals surface area contributed by atoms with E-state index in [1.54, 1.807) is 0 Å². The fourth-order valence-corrected chi connectivity index (χ4v) is 2.50. The summed E-state index contributed by atoms with van der Waals surface area (Å²) in [5, 5.41) is 0. The number of amides is 1. The van der Waals surface area contributed by atoms with Crippen LogP contribution >= 0.6 is 0 Å². The molecule has 0 bridgehead atoms. The highest BCUT2D eigenvalue weighted by atomic mass is 16.5. The third-order valence-corrected chi connectivity index (χ3v) is 3.50. The summed E-state index contributed by atoms with van der Waals surface area (Å²) in [6.07, 6.45) is 2.08. The molecule has 1 aliphatic rings. The van der Waals surface area contributed by atoms with Gasteiger partial charge in [-0.1, -0.05) is 0 Å². The normalized spacial score (nSPS) is 13.7. The van der Waals surface area contributed by atoms with Crippen LogP contribution in [0, 0.1) is 6.92 Å². The predicted molar refractivity (Wildman–Crippen MR) is 73.3 cm³/mol. The van der Waals surface area contributed by atoms with Gasteiger partial charge < -0.3 is 15.5 Å². The second-order valence-corrected chi connectivity index (χ2v) is 4.86. The number of nitrogens with two attached hydrogens (primary N) is 1. The van der Waals surface area contributed by atoms with Crippen molar-refractivity contribution < 1.29 is 9.53 Å². The van der Waals surface area contributed by atoms with E-state index in [1.807, 2.05) is 25.1 Å². The summed E-state index contributed by atoms with van der Waals surface area (Å²) in [5.74, 6) is 0.565. The van der Waals surface area contributed by atoms with Crippen LogP contribution in [0.4, 0.5) is 0 Å². The highest BCUT2D eigenvalue weighted by Gasteiger charge is 2.14. The molecule has 0 saturated carbocycles. The van der Waals surface area contributed by atoms with Gasteiger partial charge in [-0.05, 0) is 55.2 Å². The van der Waals surface area contributed by atoms with Crippen LogP contribution in [0.1, 0.15) is 28.0 Å². The molecule has 0 radical (unpaired) electrons. The first kappa shape index (κ1) is 11.8. The van der Waals surface area contributed by atoms with E-state index in [-0.39, 0.29) is 0 Å². The monoisotopic (exact) mass is 256 g/mol. The smallest absolute Gasteiger partial charge is 0.250 e. The van der Waals surface area contributed by atoms with Gasteiger partial charge in [0.1, 0.15) is 5.75 Å². The van der Waals surface area contributed by atoms with Crippen LogP contribution in [-0.2, 0) is 6.42 Å². The lowest BCUT2D eigenvalue weighted by Gasteiger charge is -2.17. The topological polar surface area (TPSA) is 68.1 Å². The molecule has 3 rings (SSSR count). The van der Waals surface area contributed by atoms with Crippen LogP contribution in [0.3, 0.4) is 0 Å². The summed E-state index contributed by atoms with van der Waals surface area (Å²) in [6.45, 7) is 2.64. The Morgan fingerprint density at radius 3 is 2.95 bits per heavy atom. The minimum atomic E-state index is -0.402. The number of rotatable bonds is 2. The molecule has 0 aliphatic carbocycles. The molecule has 2 aromatic rings. The fourth-order valence-electron chi connectivity index (χ4n) is 2.50. The molecule has 0 spiro atoms. The zero-order valence-corrected chi connectivity index (χ0v) is 10.8. The van der Waals surface area contributed by atoms with Gasteiger partial charge in [-0.25, -0.2) is 0 Å². The van der Waals surface area contributed by atoms with Gasteiger partial charge in [0.2, 0.25) is 0 Å². The summed E-state index contributed by atoms with van der Waals surface area (Å²) >= 11 is 0. The second kappa shape index (κ2) is 4.46. The van der Waals surface area contributed by atoms with Crippen LogP contribution in [0.15, 0.2) is 24.3 Å². The summed E-state index contributed by atoms with van der Waals surface area (Å²) < 4.78 is 5.60. The largest absolute Gasteiger partial charge is 0.493 e. The number of nitrogens with one attached hydrogen (secondary N) is 1. The van der Waals surface area contributed by atoms with Gasteiger partial charge in [0.15, 0.2) is 0 Å². The molecule has 4 nitrogen and oxygen atoms in total. The SMILES string of the molecule is Cc1[nH]c(-c2ccc3c(c2)CCCO3)cc1C(N)=O. The second-order valence-electron chi connectivity index (χ2n) is 4.86. The van der Waals surface area contributed by atoms with Crippen molar-refractivity contribution in [3.8, 4) is 17.0 Å². The number of ether oxygens (including phenoxy) is 1. The Labute approximate surface area is 111 Å². The molecule has 0 saturated heterocycles. The van der Waals surface area contributed by atoms with Crippen LogP contribution in [0.5, 0.6) is 5.75 Å². The van der Waals surface area contributed by atoms with Gasteiger partial charge in [-0.15, -0.1) is 0 Å². The maximum absolute atomic E-state index is 11.3. The lowest BCUT2D eigenvalue weighted by Crippen LogP contribution is -2.10. The zero-order chi connectivity index (χ0) is 13.4. The number of primary amides is 1. The summed E-state index contributed by atoms with van der Waals surface area (Å²) in [4.78, 5) is 14.5. The fraction of sp³-hybridized carbons (Fsp3) is 0.267. The maximum Gasteiger partial charge on any atom is 0.250 e. The average molecular weight is 256 g/mol. The van der Waals surface area contributed by atoms with Crippen molar-refractivity contribution in [2.45, 2.75) is 19.8 Å². The summed E-state index contributed by atoms with van der Waals surface area (Å²) in [7, 11) is 0. The van der Waals surface area contributed by atoms with Gasteiger partial charge in [0, 0.05) is 11.4 Å². The average Bonchev–Trinajstić information content (AvgIpc) is 2.80. The minimum Gasteiger partial charge on any atom is -0.493 e. The molecule has 19 heavy (non-hydrogen) atoms. The number of carbonyl (C=O) groups excluding carboxylic acids is 1. The number of hydrogen-bond acceptors (Lipinski definition) is 2. The van der Waals surface area contributed by atoms with Crippen molar-refractivity contribution in [3.63, 3.8) is 0 Å².